The largest absolute Gasteiger partial charge is 0.480 e. The molecule has 82 valence electrons. The van der Waals surface area contributed by atoms with Crippen LogP contribution in [-0.4, -0.2) is 26.5 Å². The first-order valence-corrected chi connectivity index (χ1v) is 8.41. The highest BCUT2D eigenvalue weighted by molar-refractivity contribution is 6.88. The number of methoxy groups -OCH3 is 1. The van der Waals surface area contributed by atoms with Crippen molar-refractivity contribution in [3.05, 3.63) is 17.2 Å². The summed E-state index contributed by atoms with van der Waals surface area (Å²) >= 11 is 0. The van der Waals surface area contributed by atoms with E-state index in [0.717, 1.165) is 17.2 Å². The minimum absolute atomic E-state index is 0.447. The van der Waals surface area contributed by atoms with E-state index in [2.05, 4.69) is 24.6 Å². The van der Waals surface area contributed by atoms with Gasteiger partial charge in [-0.05, 0) is 18.6 Å². The molecule has 0 unspecified atom stereocenters. The lowest BCUT2D eigenvalue weighted by Gasteiger charge is -2.18. The quantitative estimate of drug-likeness (QED) is 0.579. The smallest absolute Gasteiger partial charge is 0.223 e. The first-order chi connectivity index (χ1) is 6.90. The Morgan fingerprint density at radius 1 is 1.40 bits per heavy atom. The van der Waals surface area contributed by atoms with E-state index in [4.69, 9.17) is 4.74 Å². The molecule has 3 nitrogen and oxygen atoms in total. The molecule has 0 N–H and O–H groups in total. The fourth-order valence-electron chi connectivity index (χ4n) is 1.34. The molecule has 1 aromatic heterocycles. The average Bonchev–Trinajstić information content (AvgIpc) is 2.15. The lowest BCUT2D eigenvalue weighted by molar-refractivity contribution is 0.111. The number of carbonyl (C=O) groups is 1. The Kier molecular flexibility index (Phi) is 3.29. The molecule has 0 fully saturated rings. The number of aldehydes is 1. The van der Waals surface area contributed by atoms with Crippen LogP contribution in [0.3, 0.4) is 0 Å². The predicted octanol–water partition coefficient (Wildman–Crippen LogP) is 1.76. The van der Waals surface area contributed by atoms with Crippen molar-refractivity contribution in [1.82, 2.24) is 4.98 Å². The van der Waals surface area contributed by atoms with E-state index in [1.165, 1.54) is 0 Å². The predicted molar refractivity (Wildman–Crippen MR) is 63.9 cm³/mol. The summed E-state index contributed by atoms with van der Waals surface area (Å²) in [7, 11) is 0.0893. The van der Waals surface area contributed by atoms with Crippen molar-refractivity contribution in [3.8, 4) is 5.88 Å². The van der Waals surface area contributed by atoms with Gasteiger partial charge in [0, 0.05) is 5.32 Å². The molecule has 0 saturated carbocycles. The Labute approximate surface area is 91.5 Å². The Hall–Kier alpha value is -1.16. The van der Waals surface area contributed by atoms with Crippen molar-refractivity contribution in [1.29, 1.82) is 0 Å². The van der Waals surface area contributed by atoms with E-state index in [9.17, 15) is 4.79 Å². The molecule has 0 aliphatic heterocycles. The second-order valence-electron chi connectivity index (χ2n) is 4.62. The summed E-state index contributed by atoms with van der Waals surface area (Å²) in [5, 5.41) is 1.07. The molecule has 1 aromatic rings. The van der Waals surface area contributed by atoms with Crippen LogP contribution in [0.25, 0.3) is 0 Å². The second kappa shape index (κ2) is 4.14. The van der Waals surface area contributed by atoms with Crippen LogP contribution in [0.15, 0.2) is 6.07 Å². The molecule has 1 heterocycles. The highest BCUT2D eigenvalue weighted by atomic mass is 28.3. The third kappa shape index (κ3) is 2.44. The number of rotatable bonds is 3. The number of aromatic nitrogens is 1. The van der Waals surface area contributed by atoms with Gasteiger partial charge in [-0.25, -0.2) is 4.98 Å². The molecule has 0 atom stereocenters. The molecule has 1 rings (SSSR count). The van der Waals surface area contributed by atoms with Gasteiger partial charge in [0.25, 0.3) is 0 Å². The summed E-state index contributed by atoms with van der Waals surface area (Å²) < 4.78 is 5.13. The minimum Gasteiger partial charge on any atom is -0.480 e. The van der Waals surface area contributed by atoms with Crippen molar-refractivity contribution < 1.29 is 9.53 Å². The van der Waals surface area contributed by atoms with Crippen LogP contribution in [0, 0.1) is 6.92 Å². The summed E-state index contributed by atoms with van der Waals surface area (Å²) in [5.74, 6) is 0.447. The normalized spacial score (nSPS) is 11.3. The van der Waals surface area contributed by atoms with E-state index < -0.39 is 8.07 Å². The molecule has 0 radical (unpaired) electrons. The molecule has 0 aliphatic rings. The molecule has 0 aromatic carbocycles. The fraction of sp³-hybridized carbons (Fsp3) is 0.455. The van der Waals surface area contributed by atoms with Crippen molar-refractivity contribution >= 4 is 19.7 Å². The lowest BCUT2D eigenvalue weighted by Crippen LogP contribution is -2.40. The maximum atomic E-state index is 10.9. The van der Waals surface area contributed by atoms with Gasteiger partial charge >= 0.3 is 0 Å². The third-order valence-corrected chi connectivity index (χ3v) is 4.10. The van der Waals surface area contributed by atoms with Crippen LogP contribution in [0.5, 0.6) is 5.88 Å². The average molecular weight is 223 g/mol. The number of ether oxygens (including phenoxy) is 1. The van der Waals surface area contributed by atoms with Crippen molar-refractivity contribution in [3.63, 3.8) is 0 Å². The van der Waals surface area contributed by atoms with E-state index in [-0.39, 0.29) is 0 Å². The summed E-state index contributed by atoms with van der Waals surface area (Å²) in [6, 6.07) is 2.00. The van der Waals surface area contributed by atoms with E-state index in [1.54, 1.807) is 7.11 Å². The monoisotopic (exact) mass is 223 g/mol. The SMILES string of the molecule is COc1nc([Si](C)(C)C)cc(C)c1C=O. The Bertz CT molecular complexity index is 383. The first kappa shape index (κ1) is 11.9. The number of nitrogens with zero attached hydrogens (tertiary/aromatic N) is 1. The highest BCUT2D eigenvalue weighted by Crippen LogP contribution is 2.16. The molecule has 0 saturated heterocycles. The third-order valence-electron chi connectivity index (χ3n) is 2.31. The number of pyridine rings is 1. The molecular formula is C11H17NO2Si. The molecular weight excluding hydrogens is 206 g/mol. The summed E-state index contributed by atoms with van der Waals surface area (Å²) in [4.78, 5) is 15.3. The maximum Gasteiger partial charge on any atom is 0.223 e. The topological polar surface area (TPSA) is 39.2 Å². The minimum atomic E-state index is -1.46. The fourth-order valence-corrected chi connectivity index (χ4v) is 2.42. The highest BCUT2D eigenvalue weighted by Gasteiger charge is 2.21. The molecule has 0 amide bonds. The zero-order valence-corrected chi connectivity index (χ0v) is 10.9. The summed E-state index contributed by atoms with van der Waals surface area (Å²) in [6.45, 7) is 8.57. The zero-order chi connectivity index (χ0) is 11.6. The molecule has 4 heteroatoms. The van der Waals surface area contributed by atoms with Crippen molar-refractivity contribution in [2.45, 2.75) is 26.6 Å². The lowest BCUT2D eigenvalue weighted by atomic mass is 10.2. The molecule has 0 spiro atoms. The van der Waals surface area contributed by atoms with Crippen molar-refractivity contribution in [2.75, 3.05) is 7.11 Å². The number of hydrogen-bond acceptors (Lipinski definition) is 3. The maximum absolute atomic E-state index is 10.9. The van der Waals surface area contributed by atoms with E-state index in [0.29, 0.717) is 11.4 Å². The summed E-state index contributed by atoms with van der Waals surface area (Å²) in [6.07, 6.45) is 0.801. The van der Waals surface area contributed by atoms with Crippen LogP contribution < -0.4 is 10.1 Å². The van der Waals surface area contributed by atoms with Gasteiger partial charge in [-0.2, -0.15) is 0 Å². The van der Waals surface area contributed by atoms with Gasteiger partial charge < -0.3 is 4.74 Å². The molecule has 0 bridgehead atoms. The standard InChI is InChI=1S/C11H17NO2Si/c1-8-6-10(15(3,4)5)12-11(14-2)9(8)7-13/h6-7H,1-5H3. The van der Waals surface area contributed by atoms with Gasteiger partial charge in [0.05, 0.1) is 12.7 Å². The Balaban J connectivity index is 3.38. The second-order valence-corrected chi connectivity index (χ2v) is 9.63. The van der Waals surface area contributed by atoms with E-state index in [1.807, 2.05) is 13.0 Å². The van der Waals surface area contributed by atoms with Gasteiger partial charge in [-0.3, -0.25) is 4.79 Å². The Morgan fingerprint density at radius 2 is 2.00 bits per heavy atom. The number of carbonyl (C=O) groups excluding carboxylic acids is 1. The zero-order valence-electron chi connectivity index (χ0n) is 9.92. The van der Waals surface area contributed by atoms with Gasteiger partial charge in [0.2, 0.25) is 5.88 Å². The van der Waals surface area contributed by atoms with Gasteiger partial charge in [-0.1, -0.05) is 19.6 Å². The summed E-state index contributed by atoms with van der Waals surface area (Å²) in [5.41, 5.74) is 1.49. The number of hydrogen-bond donors (Lipinski definition) is 0. The van der Waals surface area contributed by atoms with Crippen LogP contribution in [0.2, 0.25) is 19.6 Å². The van der Waals surface area contributed by atoms with Crippen LogP contribution in [0.1, 0.15) is 15.9 Å². The number of aryl methyl sites for hydroxylation is 1. The van der Waals surface area contributed by atoms with Gasteiger partial charge in [0.15, 0.2) is 6.29 Å². The van der Waals surface area contributed by atoms with Gasteiger partial charge in [-0.15, -0.1) is 0 Å². The molecule has 0 aliphatic carbocycles. The van der Waals surface area contributed by atoms with Crippen LogP contribution in [-0.2, 0) is 0 Å². The molecule has 15 heavy (non-hydrogen) atoms. The van der Waals surface area contributed by atoms with Crippen molar-refractivity contribution in [2.24, 2.45) is 0 Å². The Morgan fingerprint density at radius 3 is 2.40 bits per heavy atom. The van der Waals surface area contributed by atoms with Crippen LogP contribution >= 0.6 is 0 Å². The van der Waals surface area contributed by atoms with Gasteiger partial charge in [0.1, 0.15) is 8.07 Å². The first-order valence-electron chi connectivity index (χ1n) is 4.91. The van der Waals surface area contributed by atoms with E-state index >= 15 is 0 Å². The van der Waals surface area contributed by atoms with Crippen LogP contribution in [0.4, 0.5) is 0 Å².